The van der Waals surface area contributed by atoms with Crippen molar-refractivity contribution in [3.05, 3.63) is 82.8 Å². The van der Waals surface area contributed by atoms with Crippen molar-refractivity contribution in [2.75, 3.05) is 5.32 Å². The number of nitrogens with one attached hydrogen (secondary N) is 1. The van der Waals surface area contributed by atoms with Gasteiger partial charge in [-0.05, 0) is 23.8 Å². The van der Waals surface area contributed by atoms with Gasteiger partial charge in [-0.1, -0.05) is 41.9 Å². The Morgan fingerprint density at radius 1 is 1.11 bits per heavy atom. The van der Waals surface area contributed by atoms with E-state index >= 15 is 0 Å². The van der Waals surface area contributed by atoms with Crippen molar-refractivity contribution < 1.29 is 22.7 Å². The molecule has 0 amide bonds. The highest BCUT2D eigenvalue weighted by Crippen LogP contribution is 2.31. The fraction of sp³-hybridized carbons (Fsp3) is 0.105. The van der Waals surface area contributed by atoms with Gasteiger partial charge in [0.15, 0.2) is 9.84 Å². The SMILES string of the molecule is O=C(O)c1cc(S(=O)(=O)Cc2ccccc2)c(Cl)cc1NCc1ccoc1. The van der Waals surface area contributed by atoms with Gasteiger partial charge in [0.2, 0.25) is 0 Å². The van der Waals surface area contributed by atoms with E-state index in [0.29, 0.717) is 12.1 Å². The van der Waals surface area contributed by atoms with Gasteiger partial charge in [-0.25, -0.2) is 13.2 Å². The highest BCUT2D eigenvalue weighted by atomic mass is 35.5. The Balaban J connectivity index is 1.94. The Morgan fingerprint density at radius 2 is 1.85 bits per heavy atom. The molecule has 0 aliphatic rings. The molecule has 0 radical (unpaired) electrons. The molecule has 2 aromatic carbocycles. The molecule has 0 aliphatic heterocycles. The Kier molecular flexibility index (Phi) is 5.53. The molecule has 2 N–H and O–H groups in total. The van der Waals surface area contributed by atoms with Gasteiger partial charge in [-0.2, -0.15) is 0 Å². The number of sulfone groups is 1. The van der Waals surface area contributed by atoms with Gasteiger partial charge in [0.25, 0.3) is 0 Å². The van der Waals surface area contributed by atoms with Crippen LogP contribution in [0.3, 0.4) is 0 Å². The predicted molar refractivity (Wildman–Crippen MR) is 102 cm³/mol. The zero-order chi connectivity index (χ0) is 19.4. The van der Waals surface area contributed by atoms with Crippen LogP contribution in [0.25, 0.3) is 0 Å². The van der Waals surface area contributed by atoms with Gasteiger partial charge in [0.1, 0.15) is 0 Å². The molecule has 0 unspecified atom stereocenters. The number of carbonyl (C=O) groups is 1. The van der Waals surface area contributed by atoms with Crippen LogP contribution in [0.1, 0.15) is 21.5 Å². The maximum atomic E-state index is 12.7. The highest BCUT2D eigenvalue weighted by molar-refractivity contribution is 7.90. The summed E-state index contributed by atoms with van der Waals surface area (Å²) in [6.07, 6.45) is 3.02. The van der Waals surface area contributed by atoms with Crippen molar-refractivity contribution in [2.45, 2.75) is 17.2 Å². The number of anilines is 1. The molecular weight excluding hydrogens is 390 g/mol. The zero-order valence-electron chi connectivity index (χ0n) is 14.1. The molecule has 0 bridgehead atoms. The molecule has 8 heteroatoms. The number of halogens is 1. The minimum atomic E-state index is -3.81. The fourth-order valence-corrected chi connectivity index (χ4v) is 4.53. The number of carboxylic acid groups (broad SMARTS) is 1. The van der Waals surface area contributed by atoms with Crippen LogP contribution in [-0.4, -0.2) is 19.5 Å². The molecule has 0 aliphatic carbocycles. The van der Waals surface area contributed by atoms with E-state index in [0.717, 1.165) is 11.6 Å². The summed E-state index contributed by atoms with van der Waals surface area (Å²) in [5.41, 5.74) is 1.46. The van der Waals surface area contributed by atoms with E-state index in [9.17, 15) is 18.3 Å². The standard InChI is InChI=1S/C19H16ClNO5S/c20-16-9-17(21-10-14-6-7-26-11-14)15(19(22)23)8-18(16)27(24,25)12-13-4-2-1-3-5-13/h1-9,11,21H,10,12H2,(H,22,23). The first kappa shape index (κ1) is 19.0. The molecule has 1 heterocycles. The van der Waals surface area contributed by atoms with E-state index in [-0.39, 0.29) is 26.9 Å². The van der Waals surface area contributed by atoms with Gasteiger partial charge < -0.3 is 14.8 Å². The van der Waals surface area contributed by atoms with Gasteiger partial charge >= 0.3 is 5.97 Å². The number of rotatable bonds is 7. The maximum Gasteiger partial charge on any atom is 0.337 e. The molecule has 0 fully saturated rings. The first-order chi connectivity index (χ1) is 12.9. The van der Waals surface area contributed by atoms with E-state index < -0.39 is 15.8 Å². The van der Waals surface area contributed by atoms with Crippen LogP contribution >= 0.6 is 11.6 Å². The quantitative estimate of drug-likeness (QED) is 0.611. The maximum absolute atomic E-state index is 12.7. The average Bonchev–Trinajstić information content (AvgIpc) is 3.13. The Hall–Kier alpha value is -2.77. The number of aromatic carboxylic acids is 1. The van der Waals surface area contributed by atoms with Crippen LogP contribution in [-0.2, 0) is 22.1 Å². The topological polar surface area (TPSA) is 96.6 Å². The lowest BCUT2D eigenvalue weighted by molar-refractivity contribution is 0.0697. The first-order valence-corrected chi connectivity index (χ1v) is 9.98. The molecule has 6 nitrogen and oxygen atoms in total. The van der Waals surface area contributed by atoms with Crippen molar-refractivity contribution in [2.24, 2.45) is 0 Å². The van der Waals surface area contributed by atoms with Crippen molar-refractivity contribution in [3.63, 3.8) is 0 Å². The Labute approximate surface area is 161 Å². The summed E-state index contributed by atoms with van der Waals surface area (Å²) in [6.45, 7) is 0.309. The summed E-state index contributed by atoms with van der Waals surface area (Å²) >= 11 is 6.19. The summed E-state index contributed by atoms with van der Waals surface area (Å²) < 4.78 is 30.4. The zero-order valence-corrected chi connectivity index (χ0v) is 15.6. The number of hydrogen-bond donors (Lipinski definition) is 2. The average molecular weight is 406 g/mol. The molecule has 1 aromatic heterocycles. The highest BCUT2D eigenvalue weighted by Gasteiger charge is 2.23. The fourth-order valence-electron chi connectivity index (χ4n) is 2.58. The minimum Gasteiger partial charge on any atom is -0.478 e. The van der Waals surface area contributed by atoms with Crippen LogP contribution in [0.5, 0.6) is 0 Å². The van der Waals surface area contributed by atoms with E-state index in [1.165, 1.54) is 18.6 Å². The Morgan fingerprint density at radius 3 is 2.48 bits per heavy atom. The van der Waals surface area contributed by atoms with E-state index in [1.54, 1.807) is 36.4 Å². The van der Waals surface area contributed by atoms with E-state index in [1.807, 2.05) is 0 Å². The number of benzene rings is 2. The second-order valence-electron chi connectivity index (χ2n) is 5.86. The second kappa shape index (κ2) is 7.85. The third-order valence-electron chi connectivity index (χ3n) is 3.90. The van der Waals surface area contributed by atoms with Crippen molar-refractivity contribution >= 4 is 33.1 Å². The molecule has 140 valence electrons. The van der Waals surface area contributed by atoms with Crippen molar-refractivity contribution in [1.82, 2.24) is 0 Å². The predicted octanol–water partition coefficient (Wildman–Crippen LogP) is 4.22. The van der Waals surface area contributed by atoms with Crippen LogP contribution in [0, 0.1) is 0 Å². The van der Waals surface area contributed by atoms with Gasteiger partial charge in [0.05, 0.1) is 39.4 Å². The van der Waals surface area contributed by atoms with Crippen molar-refractivity contribution in [1.29, 1.82) is 0 Å². The number of carboxylic acids is 1. The number of furan rings is 1. The molecule has 3 aromatic rings. The molecule has 0 saturated heterocycles. The first-order valence-electron chi connectivity index (χ1n) is 7.95. The smallest absolute Gasteiger partial charge is 0.337 e. The largest absolute Gasteiger partial charge is 0.478 e. The third-order valence-corrected chi connectivity index (χ3v) is 6.05. The normalized spacial score (nSPS) is 11.3. The summed E-state index contributed by atoms with van der Waals surface area (Å²) in [7, 11) is -3.81. The third kappa shape index (κ3) is 4.50. The lowest BCUT2D eigenvalue weighted by Gasteiger charge is -2.13. The molecular formula is C19H16ClNO5S. The lowest BCUT2D eigenvalue weighted by Crippen LogP contribution is -2.11. The monoisotopic (exact) mass is 405 g/mol. The lowest BCUT2D eigenvalue weighted by atomic mass is 10.1. The molecule has 27 heavy (non-hydrogen) atoms. The number of hydrogen-bond acceptors (Lipinski definition) is 5. The van der Waals surface area contributed by atoms with Crippen molar-refractivity contribution in [3.8, 4) is 0 Å². The summed E-state index contributed by atoms with van der Waals surface area (Å²) in [6, 6.07) is 12.8. The van der Waals surface area contributed by atoms with E-state index in [4.69, 9.17) is 16.0 Å². The van der Waals surface area contributed by atoms with Crippen LogP contribution in [0.2, 0.25) is 5.02 Å². The van der Waals surface area contributed by atoms with Gasteiger partial charge in [0, 0.05) is 12.1 Å². The minimum absolute atomic E-state index is 0.0365. The molecule has 0 saturated carbocycles. The summed E-state index contributed by atoms with van der Waals surface area (Å²) in [5, 5.41) is 12.4. The van der Waals surface area contributed by atoms with E-state index in [2.05, 4.69) is 5.32 Å². The molecule has 0 spiro atoms. The van der Waals surface area contributed by atoms with Crippen LogP contribution in [0.4, 0.5) is 5.69 Å². The summed E-state index contributed by atoms with van der Waals surface area (Å²) in [5.74, 6) is -1.52. The molecule has 3 rings (SSSR count). The molecule has 0 atom stereocenters. The van der Waals surface area contributed by atoms with Crippen LogP contribution < -0.4 is 5.32 Å². The van der Waals surface area contributed by atoms with Crippen LogP contribution in [0.15, 0.2) is 70.4 Å². The summed E-state index contributed by atoms with van der Waals surface area (Å²) in [4.78, 5) is 11.4. The Bertz CT molecular complexity index is 1050. The van der Waals surface area contributed by atoms with Gasteiger partial charge in [-0.3, -0.25) is 0 Å². The van der Waals surface area contributed by atoms with Gasteiger partial charge in [-0.15, -0.1) is 0 Å². The second-order valence-corrected chi connectivity index (χ2v) is 8.23.